The lowest BCUT2D eigenvalue weighted by Crippen LogP contribution is -2.19. The number of pyridine rings is 2. The van der Waals surface area contributed by atoms with Crippen LogP contribution in [0.15, 0.2) is 72.9 Å². The molecule has 0 bridgehead atoms. The molecule has 0 saturated heterocycles. The van der Waals surface area contributed by atoms with E-state index in [2.05, 4.69) is 15.3 Å². The number of nitrogens with zero attached hydrogens (tertiary/aromatic N) is 1. The van der Waals surface area contributed by atoms with Crippen LogP contribution in [0.3, 0.4) is 0 Å². The Morgan fingerprint density at radius 2 is 1.89 bits per heavy atom. The molecule has 5 heteroatoms. The molecule has 1 atom stereocenters. The SMILES string of the molecule is COc1cccc([C@@H](Nc2cccc[nH+]2)c2ccc3ccc(C)nc3c2O)c1. The van der Waals surface area contributed by atoms with Gasteiger partial charge in [0.1, 0.15) is 23.1 Å². The van der Waals surface area contributed by atoms with E-state index in [1.165, 1.54) is 0 Å². The molecule has 5 nitrogen and oxygen atoms in total. The lowest BCUT2D eigenvalue weighted by Gasteiger charge is -2.18. The molecular weight excluding hydrogens is 350 g/mol. The number of fused-ring (bicyclic) bond motifs is 1. The minimum atomic E-state index is -0.291. The molecule has 2 heterocycles. The summed E-state index contributed by atoms with van der Waals surface area (Å²) in [6.07, 6.45) is 1.86. The van der Waals surface area contributed by atoms with Crippen molar-refractivity contribution in [3.05, 3.63) is 89.7 Å². The molecule has 0 radical (unpaired) electrons. The van der Waals surface area contributed by atoms with Gasteiger partial charge in [0, 0.05) is 28.3 Å². The van der Waals surface area contributed by atoms with Crippen molar-refractivity contribution in [2.75, 3.05) is 12.4 Å². The second-order valence-electron chi connectivity index (χ2n) is 6.66. The number of anilines is 1. The highest BCUT2D eigenvalue weighted by molar-refractivity contribution is 5.86. The number of phenols is 1. The first-order chi connectivity index (χ1) is 13.7. The fourth-order valence-corrected chi connectivity index (χ4v) is 3.32. The Morgan fingerprint density at radius 1 is 1.04 bits per heavy atom. The van der Waals surface area contributed by atoms with E-state index in [0.29, 0.717) is 5.52 Å². The Morgan fingerprint density at radius 3 is 2.68 bits per heavy atom. The van der Waals surface area contributed by atoms with Crippen LogP contribution in [0, 0.1) is 6.92 Å². The van der Waals surface area contributed by atoms with Crippen LogP contribution >= 0.6 is 0 Å². The molecule has 4 aromatic rings. The number of benzene rings is 2. The average molecular weight is 372 g/mol. The number of H-pyrrole nitrogens is 1. The summed E-state index contributed by atoms with van der Waals surface area (Å²) in [5.41, 5.74) is 3.18. The second kappa shape index (κ2) is 7.56. The number of ether oxygens (including phenoxy) is 1. The second-order valence-corrected chi connectivity index (χ2v) is 6.66. The van der Waals surface area contributed by atoms with Gasteiger partial charge in [-0.3, -0.25) is 5.32 Å². The van der Waals surface area contributed by atoms with Gasteiger partial charge >= 0.3 is 0 Å². The van der Waals surface area contributed by atoms with Crippen molar-refractivity contribution in [2.24, 2.45) is 0 Å². The van der Waals surface area contributed by atoms with Gasteiger partial charge in [-0.05, 0) is 37.3 Å². The molecule has 2 aromatic heterocycles. The Kier molecular flexibility index (Phi) is 4.81. The third-order valence-electron chi connectivity index (χ3n) is 4.75. The minimum Gasteiger partial charge on any atom is -0.505 e. The lowest BCUT2D eigenvalue weighted by molar-refractivity contribution is -0.361. The Labute approximate surface area is 163 Å². The highest BCUT2D eigenvalue weighted by atomic mass is 16.5. The van der Waals surface area contributed by atoms with Crippen molar-refractivity contribution < 1.29 is 14.8 Å². The maximum Gasteiger partial charge on any atom is 0.272 e. The zero-order valence-corrected chi connectivity index (χ0v) is 15.8. The van der Waals surface area contributed by atoms with Crippen LogP contribution in [0.4, 0.5) is 5.82 Å². The van der Waals surface area contributed by atoms with Gasteiger partial charge in [0.2, 0.25) is 0 Å². The number of nitrogens with one attached hydrogen (secondary N) is 2. The molecule has 2 aromatic carbocycles. The number of hydrogen-bond acceptors (Lipinski definition) is 4. The van der Waals surface area contributed by atoms with Crippen molar-refractivity contribution in [2.45, 2.75) is 13.0 Å². The Hall–Kier alpha value is -3.60. The summed E-state index contributed by atoms with van der Waals surface area (Å²) >= 11 is 0. The van der Waals surface area contributed by atoms with Gasteiger partial charge in [-0.15, -0.1) is 0 Å². The minimum absolute atomic E-state index is 0.178. The summed E-state index contributed by atoms with van der Waals surface area (Å²) in [6, 6.07) is 21.2. The molecule has 3 N–H and O–H groups in total. The van der Waals surface area contributed by atoms with Crippen LogP contribution < -0.4 is 15.0 Å². The summed E-state index contributed by atoms with van der Waals surface area (Å²) in [5.74, 6) is 1.78. The van der Waals surface area contributed by atoms with Crippen LogP contribution in [0.25, 0.3) is 10.9 Å². The maximum absolute atomic E-state index is 11.1. The number of hydrogen-bond donors (Lipinski definition) is 2. The zero-order valence-electron chi connectivity index (χ0n) is 15.8. The van der Waals surface area contributed by atoms with E-state index in [1.54, 1.807) is 7.11 Å². The monoisotopic (exact) mass is 372 g/mol. The Bertz CT molecular complexity index is 1110. The smallest absolute Gasteiger partial charge is 0.272 e. The van der Waals surface area contributed by atoms with Crippen LogP contribution in [0.2, 0.25) is 0 Å². The molecule has 140 valence electrons. The summed E-state index contributed by atoms with van der Waals surface area (Å²) in [5, 5.41) is 15.5. The van der Waals surface area contributed by atoms with Crippen LogP contribution in [-0.4, -0.2) is 17.2 Å². The predicted octanol–water partition coefficient (Wildman–Crippen LogP) is 4.27. The first-order valence-electron chi connectivity index (χ1n) is 9.12. The van der Waals surface area contributed by atoms with Gasteiger partial charge in [-0.25, -0.2) is 9.97 Å². The molecule has 0 aliphatic carbocycles. The van der Waals surface area contributed by atoms with E-state index in [-0.39, 0.29) is 11.8 Å². The molecule has 0 spiro atoms. The highest BCUT2D eigenvalue weighted by Crippen LogP contribution is 2.36. The zero-order chi connectivity index (χ0) is 19.5. The largest absolute Gasteiger partial charge is 0.505 e. The van der Waals surface area contributed by atoms with Crippen molar-refractivity contribution in [1.29, 1.82) is 0 Å². The maximum atomic E-state index is 11.1. The van der Waals surface area contributed by atoms with Gasteiger partial charge in [0.15, 0.2) is 0 Å². The molecule has 4 rings (SSSR count). The number of aromatic hydroxyl groups is 1. The Balaban J connectivity index is 1.87. The van der Waals surface area contributed by atoms with Gasteiger partial charge in [0.05, 0.1) is 13.3 Å². The molecular formula is C23H22N3O2+. The molecule has 28 heavy (non-hydrogen) atoms. The summed E-state index contributed by atoms with van der Waals surface area (Å²) in [4.78, 5) is 7.74. The van der Waals surface area contributed by atoms with Gasteiger partial charge in [-0.2, -0.15) is 0 Å². The van der Waals surface area contributed by atoms with Crippen LogP contribution in [0.1, 0.15) is 22.9 Å². The molecule has 0 saturated carbocycles. The van der Waals surface area contributed by atoms with E-state index in [1.807, 2.05) is 79.9 Å². The molecule has 0 amide bonds. The summed E-state index contributed by atoms with van der Waals surface area (Å²) in [7, 11) is 1.65. The highest BCUT2D eigenvalue weighted by Gasteiger charge is 2.24. The fourth-order valence-electron chi connectivity index (χ4n) is 3.32. The number of aryl methyl sites for hydroxylation is 1. The fraction of sp³-hybridized carbons (Fsp3) is 0.130. The number of rotatable bonds is 5. The quantitative estimate of drug-likeness (QED) is 0.549. The van der Waals surface area contributed by atoms with Crippen molar-refractivity contribution in [1.82, 2.24) is 4.98 Å². The van der Waals surface area contributed by atoms with Gasteiger partial charge < -0.3 is 9.84 Å². The van der Waals surface area contributed by atoms with Crippen LogP contribution in [-0.2, 0) is 0 Å². The molecule has 0 aliphatic rings. The number of aromatic nitrogens is 2. The molecule has 0 unspecified atom stereocenters. The van der Waals surface area contributed by atoms with E-state index in [0.717, 1.165) is 33.8 Å². The number of aromatic amines is 1. The predicted molar refractivity (Wildman–Crippen MR) is 110 cm³/mol. The normalized spacial score (nSPS) is 11.9. The van der Waals surface area contributed by atoms with E-state index < -0.39 is 0 Å². The standard InChI is InChI=1S/C23H21N3O2/c1-15-9-10-16-11-12-19(23(27)22(16)25-15)21(26-20-8-3-4-13-24-20)17-6-5-7-18(14-17)28-2/h3-14,21,27H,1-2H3,(H,24,26)/p+1/t21-/m1/s1. The van der Waals surface area contributed by atoms with Crippen molar-refractivity contribution in [3.63, 3.8) is 0 Å². The van der Waals surface area contributed by atoms with Gasteiger partial charge in [0.25, 0.3) is 5.82 Å². The van der Waals surface area contributed by atoms with Gasteiger partial charge in [-0.1, -0.05) is 30.3 Å². The van der Waals surface area contributed by atoms with Crippen LogP contribution in [0.5, 0.6) is 11.5 Å². The topological polar surface area (TPSA) is 68.5 Å². The first-order valence-corrected chi connectivity index (χ1v) is 9.12. The average Bonchev–Trinajstić information content (AvgIpc) is 2.74. The summed E-state index contributed by atoms with van der Waals surface area (Å²) < 4.78 is 5.40. The number of methoxy groups -OCH3 is 1. The third-order valence-corrected chi connectivity index (χ3v) is 4.75. The molecule has 0 fully saturated rings. The summed E-state index contributed by atoms with van der Waals surface area (Å²) in [6.45, 7) is 1.92. The number of phenolic OH excluding ortho intramolecular Hbond substituents is 1. The van der Waals surface area contributed by atoms with Crippen molar-refractivity contribution >= 4 is 16.7 Å². The third kappa shape index (κ3) is 3.47. The van der Waals surface area contributed by atoms with E-state index >= 15 is 0 Å². The van der Waals surface area contributed by atoms with E-state index in [4.69, 9.17) is 4.74 Å². The van der Waals surface area contributed by atoms with Crippen molar-refractivity contribution in [3.8, 4) is 11.5 Å². The molecule has 0 aliphatic heterocycles. The van der Waals surface area contributed by atoms with E-state index in [9.17, 15) is 5.11 Å². The lowest BCUT2D eigenvalue weighted by atomic mass is 9.96. The first kappa shape index (κ1) is 17.8.